The van der Waals surface area contributed by atoms with Crippen LogP contribution in [0.1, 0.15) is 29.8 Å². The number of hydrogen-bond donors (Lipinski definition) is 1. The number of anilines is 2. The Balaban J connectivity index is 1.29. The van der Waals surface area contributed by atoms with Gasteiger partial charge < -0.3 is 10.2 Å². The molecule has 1 fully saturated rings. The lowest BCUT2D eigenvalue weighted by molar-refractivity contribution is -0.137. The van der Waals surface area contributed by atoms with Crippen LogP contribution in [0.25, 0.3) is 0 Å². The first-order chi connectivity index (χ1) is 16.2. The van der Waals surface area contributed by atoms with Gasteiger partial charge in [0, 0.05) is 47.2 Å². The number of piperidine rings is 1. The molecule has 0 saturated carbocycles. The van der Waals surface area contributed by atoms with Crippen molar-refractivity contribution in [2.45, 2.75) is 42.9 Å². The highest BCUT2D eigenvalue weighted by Gasteiger charge is 2.31. The van der Waals surface area contributed by atoms with E-state index in [9.17, 15) is 18.0 Å². The van der Waals surface area contributed by atoms with Crippen LogP contribution in [0.15, 0.2) is 58.7 Å². The number of aryl methyl sites for hydroxylation is 2. The Bertz CT molecular complexity index is 1120. The number of carbonyl (C=O) groups is 1. The Hall–Kier alpha value is -3.14. The molecule has 1 N–H and O–H groups in total. The smallest absolute Gasteiger partial charge is 0.357 e. The van der Waals surface area contributed by atoms with Gasteiger partial charge in [0.1, 0.15) is 5.82 Å². The molecule has 0 atom stereocenters. The number of nitrogens with zero attached hydrogens (tertiary/aromatic N) is 4. The molecule has 4 rings (SSSR count). The molecular weight excluding hydrogens is 463 g/mol. The number of aromatic nitrogens is 3. The van der Waals surface area contributed by atoms with E-state index in [1.54, 1.807) is 0 Å². The molecule has 1 aliphatic heterocycles. The van der Waals surface area contributed by atoms with E-state index in [-0.39, 0.29) is 11.8 Å². The van der Waals surface area contributed by atoms with Crippen LogP contribution in [0.2, 0.25) is 0 Å². The van der Waals surface area contributed by atoms with Gasteiger partial charge in [0.15, 0.2) is 5.16 Å². The molecule has 1 aliphatic rings. The molecule has 0 spiro atoms. The van der Waals surface area contributed by atoms with Gasteiger partial charge >= 0.3 is 6.18 Å². The summed E-state index contributed by atoms with van der Waals surface area (Å²) in [5, 5.41) is 3.64. The predicted octanol–water partition coefficient (Wildman–Crippen LogP) is 5.51. The van der Waals surface area contributed by atoms with E-state index in [0.717, 1.165) is 28.5 Å². The molecule has 0 unspecified atom stereocenters. The first-order valence-electron chi connectivity index (χ1n) is 10.9. The van der Waals surface area contributed by atoms with Crippen molar-refractivity contribution in [2.24, 2.45) is 5.92 Å². The van der Waals surface area contributed by atoms with Crippen molar-refractivity contribution in [3.05, 3.63) is 65.6 Å². The molecule has 6 nitrogen and oxygen atoms in total. The Morgan fingerprint density at radius 1 is 1.03 bits per heavy atom. The van der Waals surface area contributed by atoms with Crippen molar-refractivity contribution in [3.63, 3.8) is 0 Å². The molecule has 3 aromatic rings. The topological polar surface area (TPSA) is 71.0 Å². The fourth-order valence-corrected chi connectivity index (χ4v) is 4.67. The van der Waals surface area contributed by atoms with Crippen LogP contribution in [-0.2, 0) is 11.0 Å². The van der Waals surface area contributed by atoms with E-state index in [2.05, 4.69) is 20.3 Å². The lowest BCUT2D eigenvalue weighted by Gasteiger charge is -2.32. The summed E-state index contributed by atoms with van der Waals surface area (Å²) >= 11 is 1.46. The number of amides is 1. The van der Waals surface area contributed by atoms with Gasteiger partial charge in [-0.25, -0.2) is 15.0 Å². The number of pyridine rings is 1. The van der Waals surface area contributed by atoms with E-state index < -0.39 is 11.7 Å². The monoisotopic (exact) mass is 487 g/mol. The second-order valence-electron chi connectivity index (χ2n) is 8.21. The molecular formula is C24H24F3N5OS. The molecule has 1 aromatic carbocycles. The lowest BCUT2D eigenvalue weighted by Crippen LogP contribution is -2.38. The summed E-state index contributed by atoms with van der Waals surface area (Å²) in [4.78, 5) is 28.4. The first kappa shape index (κ1) is 24.0. The fraction of sp³-hybridized carbons (Fsp3) is 0.333. The van der Waals surface area contributed by atoms with Gasteiger partial charge in [-0.05, 0) is 80.9 Å². The van der Waals surface area contributed by atoms with Crippen molar-refractivity contribution in [2.75, 3.05) is 23.3 Å². The number of hydrogen-bond acceptors (Lipinski definition) is 6. The van der Waals surface area contributed by atoms with Crippen LogP contribution in [0, 0.1) is 19.8 Å². The van der Waals surface area contributed by atoms with Gasteiger partial charge in [-0.2, -0.15) is 13.2 Å². The van der Waals surface area contributed by atoms with Gasteiger partial charge in [0.2, 0.25) is 5.91 Å². The zero-order valence-electron chi connectivity index (χ0n) is 18.8. The summed E-state index contributed by atoms with van der Waals surface area (Å²) in [5.41, 5.74) is 1.78. The summed E-state index contributed by atoms with van der Waals surface area (Å²) in [6.45, 7) is 4.98. The Morgan fingerprint density at radius 2 is 1.68 bits per heavy atom. The molecule has 1 amide bonds. The maximum absolute atomic E-state index is 12.7. The van der Waals surface area contributed by atoms with Crippen molar-refractivity contribution in [1.29, 1.82) is 0 Å². The van der Waals surface area contributed by atoms with E-state index in [0.29, 0.717) is 42.6 Å². The van der Waals surface area contributed by atoms with Crippen molar-refractivity contribution < 1.29 is 18.0 Å². The van der Waals surface area contributed by atoms with Crippen LogP contribution in [0.3, 0.4) is 0 Å². The summed E-state index contributed by atoms with van der Waals surface area (Å²) in [6, 6.07) is 11.9. The highest BCUT2D eigenvalue weighted by Crippen LogP contribution is 2.31. The van der Waals surface area contributed by atoms with E-state index in [1.807, 2.05) is 49.1 Å². The maximum atomic E-state index is 12.7. The number of nitrogens with one attached hydrogen (secondary N) is 1. The molecule has 1 saturated heterocycles. The van der Waals surface area contributed by atoms with Crippen LogP contribution in [0.5, 0.6) is 0 Å². The molecule has 34 heavy (non-hydrogen) atoms. The molecule has 0 bridgehead atoms. The normalized spacial score (nSPS) is 14.8. The van der Waals surface area contributed by atoms with Crippen LogP contribution in [0.4, 0.5) is 24.7 Å². The molecule has 2 aromatic heterocycles. The van der Waals surface area contributed by atoms with Gasteiger partial charge in [0.25, 0.3) is 0 Å². The Morgan fingerprint density at radius 3 is 2.24 bits per heavy atom. The van der Waals surface area contributed by atoms with Gasteiger partial charge in [0.05, 0.1) is 5.56 Å². The predicted molar refractivity (Wildman–Crippen MR) is 125 cm³/mol. The van der Waals surface area contributed by atoms with Crippen LogP contribution >= 0.6 is 11.8 Å². The third kappa shape index (κ3) is 6.05. The quantitative estimate of drug-likeness (QED) is 0.479. The maximum Gasteiger partial charge on any atom is 0.417 e. The van der Waals surface area contributed by atoms with Crippen LogP contribution < -0.4 is 10.2 Å². The van der Waals surface area contributed by atoms with Gasteiger partial charge in [-0.1, -0.05) is 0 Å². The van der Waals surface area contributed by atoms with E-state index in [1.165, 1.54) is 17.8 Å². The zero-order valence-corrected chi connectivity index (χ0v) is 19.6. The highest BCUT2D eigenvalue weighted by atomic mass is 32.2. The number of halogens is 3. The van der Waals surface area contributed by atoms with Crippen molar-refractivity contribution >= 4 is 29.2 Å². The SMILES string of the molecule is Cc1cc(C)nc(Sc2ccc(NC(=O)C3CCN(c4ccc(C(F)(F)F)cn4)CC3)cc2)n1. The average molecular weight is 488 g/mol. The van der Waals surface area contributed by atoms with E-state index >= 15 is 0 Å². The lowest BCUT2D eigenvalue weighted by atomic mass is 9.95. The van der Waals surface area contributed by atoms with Gasteiger partial charge in [-0.15, -0.1) is 0 Å². The minimum Gasteiger partial charge on any atom is -0.357 e. The number of rotatable bonds is 5. The summed E-state index contributed by atoms with van der Waals surface area (Å²) in [5.74, 6) is 0.272. The number of alkyl halides is 3. The van der Waals surface area contributed by atoms with Gasteiger partial charge in [-0.3, -0.25) is 4.79 Å². The molecule has 10 heteroatoms. The van der Waals surface area contributed by atoms with Crippen molar-refractivity contribution in [3.8, 4) is 0 Å². The number of benzene rings is 1. The summed E-state index contributed by atoms with van der Waals surface area (Å²) < 4.78 is 38.2. The fourth-order valence-electron chi connectivity index (χ4n) is 3.81. The minimum atomic E-state index is -4.40. The number of carbonyl (C=O) groups excluding carboxylic acids is 1. The standard InChI is InChI=1S/C24H24F3N5OS/c1-15-13-16(2)30-23(29-15)34-20-6-4-19(5-7-20)31-22(33)17-9-11-32(12-10-17)21-8-3-18(14-28-21)24(25,26)27/h3-8,13-14,17H,9-12H2,1-2H3,(H,31,33). The zero-order chi connectivity index (χ0) is 24.3. The molecule has 3 heterocycles. The molecule has 0 radical (unpaired) electrons. The minimum absolute atomic E-state index is 0.0573. The van der Waals surface area contributed by atoms with Crippen LogP contribution in [-0.4, -0.2) is 33.9 Å². The Kier molecular flexibility index (Phi) is 7.06. The second-order valence-corrected chi connectivity index (χ2v) is 9.25. The van der Waals surface area contributed by atoms with Crippen molar-refractivity contribution in [1.82, 2.24) is 15.0 Å². The molecule has 0 aliphatic carbocycles. The highest BCUT2D eigenvalue weighted by molar-refractivity contribution is 7.99. The third-order valence-corrected chi connectivity index (χ3v) is 6.43. The summed E-state index contributed by atoms with van der Waals surface area (Å²) in [7, 11) is 0. The van der Waals surface area contributed by atoms with E-state index in [4.69, 9.17) is 0 Å². The second kappa shape index (κ2) is 10.0. The first-order valence-corrected chi connectivity index (χ1v) is 11.7. The largest absolute Gasteiger partial charge is 0.417 e. The average Bonchev–Trinajstić information content (AvgIpc) is 2.79. The molecule has 178 valence electrons. The third-order valence-electron chi connectivity index (χ3n) is 5.56. The Labute approximate surface area is 200 Å². The summed E-state index contributed by atoms with van der Waals surface area (Å²) in [6.07, 6.45) is -2.34.